The molecule has 0 atom stereocenters. The Morgan fingerprint density at radius 3 is 2.17 bits per heavy atom. The van der Waals surface area contributed by atoms with E-state index < -0.39 is 0 Å². The molecule has 0 heterocycles. The maximum absolute atomic E-state index is 12.6. The summed E-state index contributed by atoms with van der Waals surface area (Å²) in [5.41, 5.74) is 1.21. The summed E-state index contributed by atoms with van der Waals surface area (Å²) in [6.45, 7) is 5.79. The second-order valence-electron chi connectivity index (χ2n) is 8.12. The fourth-order valence-electron chi connectivity index (χ4n) is 2.97. The summed E-state index contributed by atoms with van der Waals surface area (Å²) in [6.07, 6.45) is 0.963. The number of carbonyl (C=O) groups excluding carboxylic acids is 1. The zero-order valence-electron chi connectivity index (χ0n) is 19.8. The zero-order valence-corrected chi connectivity index (χ0v) is 22.2. The van der Waals surface area contributed by atoms with Crippen LogP contribution in [-0.4, -0.2) is 30.8 Å². The fraction of sp³-hybridized carbons (Fsp3) is 0.259. The minimum absolute atomic E-state index is 0.202. The molecule has 3 aromatic carbocycles. The SMILES string of the molecule is CC(C)CCOc1ccc(C(=O)NC(=S)Nc2ccc(OCCOc3ccccc3)cc2)cc1Br. The maximum atomic E-state index is 12.6. The first-order chi connectivity index (χ1) is 16.9. The molecule has 2 N–H and O–H groups in total. The number of rotatable bonds is 11. The predicted octanol–water partition coefficient (Wildman–Crippen LogP) is 6.46. The van der Waals surface area contributed by atoms with E-state index in [0.717, 1.165) is 22.3 Å². The van der Waals surface area contributed by atoms with Crippen LogP contribution in [0.3, 0.4) is 0 Å². The third-order valence-electron chi connectivity index (χ3n) is 4.85. The largest absolute Gasteiger partial charge is 0.492 e. The van der Waals surface area contributed by atoms with E-state index in [4.69, 9.17) is 26.4 Å². The van der Waals surface area contributed by atoms with E-state index in [0.29, 0.717) is 42.8 Å². The van der Waals surface area contributed by atoms with Crippen LogP contribution in [0.15, 0.2) is 77.3 Å². The van der Waals surface area contributed by atoms with Crippen molar-refractivity contribution >= 4 is 44.9 Å². The Hall–Kier alpha value is -3.10. The van der Waals surface area contributed by atoms with Crippen molar-refractivity contribution in [1.82, 2.24) is 5.32 Å². The number of halogens is 1. The fourth-order valence-corrected chi connectivity index (χ4v) is 3.68. The van der Waals surface area contributed by atoms with Gasteiger partial charge in [0.1, 0.15) is 30.5 Å². The van der Waals surface area contributed by atoms with E-state index in [9.17, 15) is 4.79 Å². The van der Waals surface area contributed by atoms with Gasteiger partial charge in [0.25, 0.3) is 5.91 Å². The molecular weight excluding hydrogens is 528 g/mol. The summed E-state index contributed by atoms with van der Waals surface area (Å²) in [5.74, 6) is 2.48. The molecule has 184 valence electrons. The van der Waals surface area contributed by atoms with Gasteiger partial charge in [0.2, 0.25) is 0 Å². The van der Waals surface area contributed by atoms with Crippen molar-refractivity contribution in [2.24, 2.45) is 5.92 Å². The summed E-state index contributed by atoms with van der Waals surface area (Å²) in [4.78, 5) is 12.6. The highest BCUT2D eigenvalue weighted by atomic mass is 79.9. The normalized spacial score (nSPS) is 10.5. The first-order valence-electron chi connectivity index (χ1n) is 11.4. The number of ether oxygens (including phenoxy) is 3. The molecule has 3 rings (SSSR count). The van der Waals surface area contributed by atoms with Gasteiger partial charge in [-0.3, -0.25) is 10.1 Å². The Labute approximate surface area is 220 Å². The van der Waals surface area contributed by atoms with Gasteiger partial charge in [-0.25, -0.2) is 0 Å². The van der Waals surface area contributed by atoms with Crippen LogP contribution in [0.25, 0.3) is 0 Å². The highest BCUT2D eigenvalue weighted by Crippen LogP contribution is 2.26. The molecule has 0 unspecified atom stereocenters. The predicted molar refractivity (Wildman–Crippen MR) is 147 cm³/mol. The summed E-state index contributed by atoms with van der Waals surface area (Å²) in [5, 5.41) is 5.90. The second-order valence-corrected chi connectivity index (χ2v) is 9.38. The van der Waals surface area contributed by atoms with Gasteiger partial charge < -0.3 is 19.5 Å². The number of hydrogen-bond acceptors (Lipinski definition) is 5. The minimum atomic E-state index is -0.310. The molecule has 35 heavy (non-hydrogen) atoms. The average Bonchev–Trinajstić information content (AvgIpc) is 2.84. The van der Waals surface area contributed by atoms with Gasteiger partial charge in [-0.1, -0.05) is 32.0 Å². The van der Waals surface area contributed by atoms with E-state index in [-0.39, 0.29) is 11.0 Å². The number of para-hydroxylation sites is 1. The number of thiocarbonyl (C=S) groups is 1. The van der Waals surface area contributed by atoms with Crippen LogP contribution in [0.2, 0.25) is 0 Å². The number of nitrogens with one attached hydrogen (secondary N) is 2. The summed E-state index contributed by atoms with van der Waals surface area (Å²) < 4.78 is 17.8. The van der Waals surface area contributed by atoms with Crippen LogP contribution in [0.1, 0.15) is 30.6 Å². The second kappa shape index (κ2) is 13.7. The van der Waals surface area contributed by atoms with E-state index in [1.54, 1.807) is 18.2 Å². The Bertz CT molecular complexity index is 1110. The van der Waals surface area contributed by atoms with E-state index >= 15 is 0 Å². The number of hydrogen-bond donors (Lipinski definition) is 2. The lowest BCUT2D eigenvalue weighted by molar-refractivity contribution is 0.0977. The first-order valence-corrected chi connectivity index (χ1v) is 12.6. The third-order valence-corrected chi connectivity index (χ3v) is 5.67. The van der Waals surface area contributed by atoms with E-state index in [1.165, 1.54) is 0 Å². The molecule has 0 radical (unpaired) electrons. The minimum Gasteiger partial charge on any atom is -0.492 e. The number of benzene rings is 3. The molecule has 0 aliphatic carbocycles. The highest BCUT2D eigenvalue weighted by Gasteiger charge is 2.11. The average molecular weight is 558 g/mol. The molecule has 0 aliphatic heterocycles. The van der Waals surface area contributed by atoms with Crippen molar-refractivity contribution in [3.8, 4) is 17.2 Å². The lowest BCUT2D eigenvalue weighted by atomic mass is 10.1. The van der Waals surface area contributed by atoms with Crippen LogP contribution >= 0.6 is 28.1 Å². The molecule has 0 saturated heterocycles. The van der Waals surface area contributed by atoms with Crippen LogP contribution in [-0.2, 0) is 0 Å². The lowest BCUT2D eigenvalue weighted by Gasteiger charge is -2.13. The van der Waals surface area contributed by atoms with Crippen molar-refractivity contribution in [2.75, 3.05) is 25.1 Å². The van der Waals surface area contributed by atoms with Gasteiger partial charge in [0, 0.05) is 11.3 Å². The quantitative estimate of drug-likeness (QED) is 0.208. The Morgan fingerprint density at radius 1 is 0.886 bits per heavy atom. The van der Waals surface area contributed by atoms with Crippen LogP contribution in [0.4, 0.5) is 5.69 Å². The van der Waals surface area contributed by atoms with Crippen LogP contribution < -0.4 is 24.8 Å². The molecule has 0 aliphatic rings. The molecule has 3 aromatic rings. The van der Waals surface area contributed by atoms with Crippen molar-refractivity contribution in [1.29, 1.82) is 0 Å². The molecule has 8 heteroatoms. The molecule has 6 nitrogen and oxygen atoms in total. The summed E-state index contributed by atoms with van der Waals surface area (Å²) in [7, 11) is 0. The molecule has 0 bridgehead atoms. The Morgan fingerprint density at radius 2 is 1.54 bits per heavy atom. The van der Waals surface area contributed by atoms with Crippen molar-refractivity contribution in [3.05, 3.63) is 82.8 Å². The number of anilines is 1. The Kier molecular flexibility index (Phi) is 10.4. The summed E-state index contributed by atoms with van der Waals surface area (Å²) >= 11 is 8.76. The zero-order chi connectivity index (χ0) is 25.0. The monoisotopic (exact) mass is 556 g/mol. The maximum Gasteiger partial charge on any atom is 0.257 e. The first kappa shape index (κ1) is 26.5. The van der Waals surface area contributed by atoms with E-state index in [1.807, 2.05) is 54.6 Å². The van der Waals surface area contributed by atoms with Gasteiger partial charge in [-0.2, -0.15) is 0 Å². The number of amides is 1. The molecular formula is C27H29BrN2O4S. The van der Waals surface area contributed by atoms with Gasteiger partial charge in [-0.15, -0.1) is 0 Å². The van der Waals surface area contributed by atoms with Crippen LogP contribution in [0.5, 0.6) is 17.2 Å². The molecule has 0 spiro atoms. The summed E-state index contributed by atoms with van der Waals surface area (Å²) in [6, 6.07) is 22.1. The standard InChI is InChI=1S/C27H29BrN2O4S/c1-19(2)14-15-34-25-13-8-20(18-24(25)28)26(31)30-27(35)29-21-9-11-23(12-10-21)33-17-16-32-22-6-4-3-5-7-22/h3-13,18-19H,14-17H2,1-2H3,(H2,29,30,31,35). The lowest BCUT2D eigenvalue weighted by Crippen LogP contribution is -2.34. The topological polar surface area (TPSA) is 68.8 Å². The van der Waals surface area contributed by atoms with Gasteiger partial charge in [0.05, 0.1) is 11.1 Å². The van der Waals surface area contributed by atoms with E-state index in [2.05, 4.69) is 40.4 Å². The molecule has 0 saturated carbocycles. The molecule has 0 aromatic heterocycles. The third kappa shape index (κ3) is 9.22. The van der Waals surface area contributed by atoms with Crippen LogP contribution in [0, 0.1) is 5.92 Å². The molecule has 1 amide bonds. The van der Waals surface area contributed by atoms with Crippen molar-refractivity contribution in [2.45, 2.75) is 20.3 Å². The smallest absolute Gasteiger partial charge is 0.257 e. The van der Waals surface area contributed by atoms with Crippen molar-refractivity contribution in [3.63, 3.8) is 0 Å². The van der Waals surface area contributed by atoms with Crippen molar-refractivity contribution < 1.29 is 19.0 Å². The van der Waals surface area contributed by atoms with Gasteiger partial charge in [0.15, 0.2) is 5.11 Å². The van der Waals surface area contributed by atoms with Gasteiger partial charge in [-0.05, 0) is 95.1 Å². The molecule has 0 fully saturated rings. The van der Waals surface area contributed by atoms with Gasteiger partial charge >= 0.3 is 0 Å². The number of carbonyl (C=O) groups is 1. The highest BCUT2D eigenvalue weighted by molar-refractivity contribution is 9.10. The Balaban J connectivity index is 1.42.